The first-order valence-electron chi connectivity index (χ1n) is 3.90. The number of carbonyl (C=O) groups is 1. The predicted molar refractivity (Wildman–Crippen MR) is 47.6 cm³/mol. The van der Waals surface area contributed by atoms with Crippen LogP contribution < -0.4 is 0 Å². The van der Waals surface area contributed by atoms with Crippen LogP contribution in [0.15, 0.2) is 24.8 Å². The van der Waals surface area contributed by atoms with E-state index in [-0.39, 0.29) is 13.1 Å². The lowest BCUT2D eigenvalue weighted by molar-refractivity contribution is -0.184. The molecule has 0 aliphatic carbocycles. The van der Waals surface area contributed by atoms with Crippen LogP contribution in [0.3, 0.4) is 0 Å². The molecule has 0 aliphatic rings. The lowest BCUT2D eigenvalue weighted by Crippen LogP contribution is -2.41. The van der Waals surface area contributed by atoms with Crippen molar-refractivity contribution < 1.29 is 18.0 Å². The van der Waals surface area contributed by atoms with Gasteiger partial charge in [0.05, 0.1) is 0 Å². The van der Waals surface area contributed by atoms with Gasteiger partial charge < -0.3 is 4.90 Å². The maximum atomic E-state index is 12.0. The van der Waals surface area contributed by atoms with E-state index in [9.17, 15) is 18.0 Å². The van der Waals surface area contributed by atoms with Crippen LogP contribution in [0, 0.1) is 0 Å². The molecule has 0 bridgehead atoms. The average molecular weight is 207 g/mol. The number of rotatable bonds is 4. The Labute approximate surface area is 80.7 Å². The van der Waals surface area contributed by atoms with Gasteiger partial charge >= 0.3 is 12.1 Å². The summed E-state index contributed by atoms with van der Waals surface area (Å²) in [6.07, 6.45) is -3.59. The molecule has 14 heavy (non-hydrogen) atoms. The van der Waals surface area contributed by atoms with Crippen LogP contribution in [0.1, 0.15) is 6.92 Å². The normalized spacial score (nSPS) is 10.9. The first kappa shape index (κ1) is 12.7. The monoisotopic (exact) mass is 207 g/mol. The highest BCUT2D eigenvalue weighted by atomic mass is 19.4. The second-order valence-electron chi connectivity index (χ2n) is 2.93. The van der Waals surface area contributed by atoms with Crippen LogP contribution >= 0.6 is 0 Å². The van der Waals surface area contributed by atoms with Gasteiger partial charge in [-0.25, -0.2) is 0 Å². The van der Waals surface area contributed by atoms with E-state index in [0.29, 0.717) is 10.5 Å². The van der Waals surface area contributed by atoms with E-state index < -0.39 is 12.1 Å². The van der Waals surface area contributed by atoms with E-state index in [4.69, 9.17) is 0 Å². The molecule has 0 aromatic heterocycles. The van der Waals surface area contributed by atoms with Gasteiger partial charge in [-0.15, -0.1) is 6.58 Å². The zero-order chi connectivity index (χ0) is 11.4. The highest BCUT2D eigenvalue weighted by Crippen LogP contribution is 2.18. The summed E-state index contributed by atoms with van der Waals surface area (Å²) >= 11 is 0. The summed E-state index contributed by atoms with van der Waals surface area (Å²) in [5.41, 5.74) is 0.490. The summed E-state index contributed by atoms with van der Waals surface area (Å²) < 4.78 is 36.1. The summed E-state index contributed by atoms with van der Waals surface area (Å²) in [5, 5.41) is 0. The summed E-state index contributed by atoms with van der Waals surface area (Å²) in [6, 6.07) is 0. The number of hydrogen-bond donors (Lipinski definition) is 0. The minimum absolute atomic E-state index is 0.107. The van der Waals surface area contributed by atoms with Gasteiger partial charge in [-0.05, 0) is 6.92 Å². The molecule has 2 nitrogen and oxygen atoms in total. The van der Waals surface area contributed by atoms with Gasteiger partial charge in [-0.1, -0.05) is 18.2 Å². The molecule has 0 unspecified atom stereocenters. The summed E-state index contributed by atoms with van der Waals surface area (Å²) in [7, 11) is 0. The van der Waals surface area contributed by atoms with Crippen molar-refractivity contribution in [2.45, 2.75) is 13.1 Å². The number of halogens is 3. The lowest BCUT2D eigenvalue weighted by Gasteiger charge is -2.22. The third kappa shape index (κ3) is 4.11. The van der Waals surface area contributed by atoms with Gasteiger partial charge in [0.25, 0.3) is 0 Å². The van der Waals surface area contributed by atoms with Gasteiger partial charge in [-0.2, -0.15) is 13.2 Å². The Morgan fingerprint density at radius 2 is 2.00 bits per heavy atom. The molecule has 0 atom stereocenters. The van der Waals surface area contributed by atoms with Crippen molar-refractivity contribution in [2.75, 3.05) is 13.1 Å². The maximum absolute atomic E-state index is 12.0. The van der Waals surface area contributed by atoms with Crippen LogP contribution in [0.5, 0.6) is 0 Å². The van der Waals surface area contributed by atoms with Crippen LogP contribution in [0.2, 0.25) is 0 Å². The molecule has 0 fully saturated rings. The smallest absolute Gasteiger partial charge is 0.327 e. The van der Waals surface area contributed by atoms with Crippen LogP contribution in [-0.2, 0) is 4.79 Å². The summed E-state index contributed by atoms with van der Waals surface area (Å²) in [5.74, 6) is -1.86. The maximum Gasteiger partial charge on any atom is 0.471 e. The van der Waals surface area contributed by atoms with Gasteiger partial charge in [-0.3, -0.25) is 4.79 Å². The van der Waals surface area contributed by atoms with E-state index in [1.165, 1.54) is 6.08 Å². The average Bonchev–Trinajstić information content (AvgIpc) is 2.00. The van der Waals surface area contributed by atoms with Crippen molar-refractivity contribution in [2.24, 2.45) is 0 Å². The largest absolute Gasteiger partial charge is 0.471 e. The molecule has 5 heteroatoms. The summed E-state index contributed by atoms with van der Waals surface area (Å²) in [4.78, 5) is 11.5. The highest BCUT2D eigenvalue weighted by Gasteiger charge is 2.41. The second kappa shape index (κ2) is 4.83. The van der Waals surface area contributed by atoms with Crippen molar-refractivity contribution in [1.82, 2.24) is 4.90 Å². The lowest BCUT2D eigenvalue weighted by atomic mass is 10.3. The minimum Gasteiger partial charge on any atom is -0.327 e. The van der Waals surface area contributed by atoms with Crippen molar-refractivity contribution in [3.8, 4) is 0 Å². The van der Waals surface area contributed by atoms with Gasteiger partial charge in [0, 0.05) is 13.1 Å². The van der Waals surface area contributed by atoms with E-state index in [0.717, 1.165) is 0 Å². The third-order valence-electron chi connectivity index (χ3n) is 1.34. The Hall–Kier alpha value is -1.26. The molecule has 0 saturated carbocycles. The third-order valence-corrected chi connectivity index (χ3v) is 1.34. The fourth-order valence-corrected chi connectivity index (χ4v) is 0.880. The van der Waals surface area contributed by atoms with Gasteiger partial charge in [0.15, 0.2) is 0 Å². The Morgan fingerprint density at radius 1 is 1.50 bits per heavy atom. The first-order chi connectivity index (χ1) is 6.29. The van der Waals surface area contributed by atoms with E-state index in [1.807, 2.05) is 0 Å². The Morgan fingerprint density at radius 3 is 2.29 bits per heavy atom. The van der Waals surface area contributed by atoms with Crippen molar-refractivity contribution in [1.29, 1.82) is 0 Å². The van der Waals surface area contributed by atoms with E-state index in [2.05, 4.69) is 13.2 Å². The second-order valence-corrected chi connectivity index (χ2v) is 2.93. The topological polar surface area (TPSA) is 20.3 Å². The molecule has 0 aromatic carbocycles. The standard InChI is InChI=1S/C9H12F3NO/c1-4-5-13(6-7(2)3)8(14)9(10,11)12/h4H,1-2,5-6H2,3H3. The molecule has 0 radical (unpaired) electrons. The van der Waals surface area contributed by atoms with E-state index >= 15 is 0 Å². The van der Waals surface area contributed by atoms with Crippen LogP contribution in [0.25, 0.3) is 0 Å². The molecule has 1 amide bonds. The zero-order valence-electron chi connectivity index (χ0n) is 7.90. The van der Waals surface area contributed by atoms with Crippen molar-refractivity contribution in [3.05, 3.63) is 24.8 Å². The molecule has 80 valence electrons. The van der Waals surface area contributed by atoms with E-state index in [1.54, 1.807) is 6.92 Å². The minimum atomic E-state index is -4.83. The first-order valence-corrected chi connectivity index (χ1v) is 3.90. The zero-order valence-corrected chi connectivity index (χ0v) is 7.90. The summed E-state index contributed by atoms with van der Waals surface area (Å²) in [6.45, 7) is 8.04. The fourth-order valence-electron chi connectivity index (χ4n) is 0.880. The van der Waals surface area contributed by atoms with Gasteiger partial charge in [0.1, 0.15) is 0 Å². The Bertz CT molecular complexity index is 245. The fraction of sp³-hybridized carbons (Fsp3) is 0.444. The predicted octanol–water partition coefficient (Wildman–Crippen LogP) is 2.14. The van der Waals surface area contributed by atoms with Gasteiger partial charge in [0.2, 0.25) is 0 Å². The SMILES string of the molecule is C=CCN(CC(=C)C)C(=O)C(F)(F)F. The van der Waals surface area contributed by atoms with Crippen molar-refractivity contribution in [3.63, 3.8) is 0 Å². The number of alkyl halides is 3. The molecule has 0 heterocycles. The molecule has 0 rings (SSSR count). The molecule has 0 aromatic rings. The number of amides is 1. The molecule has 0 spiro atoms. The molecule has 0 aliphatic heterocycles. The Balaban J connectivity index is 4.56. The molecule has 0 saturated heterocycles. The molecular formula is C9H12F3NO. The van der Waals surface area contributed by atoms with Crippen molar-refractivity contribution >= 4 is 5.91 Å². The highest BCUT2D eigenvalue weighted by molar-refractivity contribution is 5.82. The quantitative estimate of drug-likeness (QED) is 0.647. The number of hydrogen-bond acceptors (Lipinski definition) is 1. The Kier molecular flexibility index (Phi) is 4.40. The molecular weight excluding hydrogens is 195 g/mol. The number of carbonyl (C=O) groups excluding carboxylic acids is 1. The number of nitrogens with zero attached hydrogens (tertiary/aromatic N) is 1. The van der Waals surface area contributed by atoms with Crippen LogP contribution in [0.4, 0.5) is 13.2 Å². The molecule has 0 N–H and O–H groups in total. The van der Waals surface area contributed by atoms with Crippen LogP contribution in [-0.4, -0.2) is 30.1 Å².